The van der Waals surface area contributed by atoms with Gasteiger partial charge < -0.3 is 9.64 Å². The number of anilines is 1. The number of amides is 1. The molecule has 2 aromatic carbocycles. The maximum atomic E-state index is 13.4. The van der Waals surface area contributed by atoms with Gasteiger partial charge in [-0.05, 0) is 49.2 Å². The number of benzene rings is 2. The number of nitrogens with one attached hydrogen (secondary N) is 1. The van der Waals surface area contributed by atoms with Crippen LogP contribution in [0.3, 0.4) is 0 Å². The van der Waals surface area contributed by atoms with Crippen molar-refractivity contribution in [3.8, 4) is 5.75 Å². The lowest BCUT2D eigenvalue weighted by atomic mass is 10.1. The number of hydrogen-bond donors (Lipinski definition) is 1. The normalized spacial score (nSPS) is 15.2. The van der Waals surface area contributed by atoms with Gasteiger partial charge in [-0.2, -0.15) is 13.2 Å². The molecule has 174 valence electrons. The van der Waals surface area contributed by atoms with Gasteiger partial charge in [0, 0.05) is 18.1 Å². The highest BCUT2D eigenvalue weighted by atomic mass is 35.5. The van der Waals surface area contributed by atoms with Crippen LogP contribution in [0.1, 0.15) is 41.6 Å². The second-order valence-electron chi connectivity index (χ2n) is 7.36. The van der Waals surface area contributed by atoms with Crippen LogP contribution in [0.4, 0.5) is 18.9 Å². The number of hydrogen-bond acceptors (Lipinski definition) is 4. The molecular formula is C21H22ClF3N2O4S. The van der Waals surface area contributed by atoms with E-state index in [2.05, 4.69) is 0 Å². The molecule has 0 atom stereocenters. The van der Waals surface area contributed by atoms with Gasteiger partial charge in [-0.25, -0.2) is 8.42 Å². The zero-order chi connectivity index (χ0) is 23.5. The fraction of sp³-hybridized carbons (Fsp3) is 0.381. The van der Waals surface area contributed by atoms with Crippen molar-refractivity contribution >= 4 is 33.2 Å². The SMILES string of the molecule is COc1ccc(S(=O)(=O)Nc2ccc(Cl)cc2C(F)(F)F)cc1C(=O)N1CCCCCC1. The topological polar surface area (TPSA) is 75.7 Å². The monoisotopic (exact) mass is 490 g/mol. The first-order valence-electron chi connectivity index (χ1n) is 9.90. The summed E-state index contributed by atoms with van der Waals surface area (Å²) in [7, 11) is -3.10. The molecule has 0 aliphatic carbocycles. The summed E-state index contributed by atoms with van der Waals surface area (Å²) in [5, 5.41) is -0.185. The molecule has 1 heterocycles. The molecule has 1 amide bonds. The van der Waals surface area contributed by atoms with E-state index in [-0.39, 0.29) is 27.1 Å². The second kappa shape index (κ2) is 9.58. The maximum Gasteiger partial charge on any atom is 0.418 e. The van der Waals surface area contributed by atoms with E-state index in [1.54, 1.807) is 4.90 Å². The van der Waals surface area contributed by atoms with Gasteiger partial charge in [0.05, 0.1) is 28.8 Å². The zero-order valence-electron chi connectivity index (χ0n) is 17.2. The fourth-order valence-electron chi connectivity index (χ4n) is 3.51. The molecule has 3 rings (SSSR count). The van der Waals surface area contributed by atoms with Crippen molar-refractivity contribution in [1.82, 2.24) is 4.90 Å². The molecular weight excluding hydrogens is 469 g/mol. The minimum atomic E-state index is -4.82. The smallest absolute Gasteiger partial charge is 0.418 e. The quantitative estimate of drug-likeness (QED) is 0.626. The van der Waals surface area contributed by atoms with E-state index in [9.17, 15) is 26.4 Å². The Morgan fingerprint density at radius 1 is 1.06 bits per heavy atom. The Hall–Kier alpha value is -2.46. The van der Waals surface area contributed by atoms with Crippen molar-refractivity contribution in [2.75, 3.05) is 24.9 Å². The van der Waals surface area contributed by atoms with Crippen LogP contribution in [0.15, 0.2) is 41.3 Å². The van der Waals surface area contributed by atoms with Crippen molar-refractivity contribution in [3.05, 3.63) is 52.5 Å². The van der Waals surface area contributed by atoms with E-state index < -0.39 is 27.5 Å². The van der Waals surface area contributed by atoms with Crippen LogP contribution in [0.5, 0.6) is 5.75 Å². The number of methoxy groups -OCH3 is 1. The van der Waals surface area contributed by atoms with E-state index in [0.717, 1.165) is 43.9 Å². The molecule has 0 radical (unpaired) electrons. The molecule has 0 unspecified atom stereocenters. The van der Waals surface area contributed by atoms with E-state index in [1.807, 2.05) is 4.72 Å². The summed E-state index contributed by atoms with van der Waals surface area (Å²) >= 11 is 5.65. The Labute approximate surface area is 189 Å². The van der Waals surface area contributed by atoms with Gasteiger partial charge in [-0.1, -0.05) is 24.4 Å². The van der Waals surface area contributed by atoms with E-state index >= 15 is 0 Å². The van der Waals surface area contributed by atoms with E-state index in [0.29, 0.717) is 19.2 Å². The predicted molar refractivity (Wildman–Crippen MR) is 115 cm³/mol. The van der Waals surface area contributed by atoms with Crippen LogP contribution in [0.25, 0.3) is 0 Å². The van der Waals surface area contributed by atoms with E-state index in [1.165, 1.54) is 19.2 Å². The fourth-order valence-corrected chi connectivity index (χ4v) is 4.79. The number of sulfonamides is 1. The zero-order valence-corrected chi connectivity index (χ0v) is 18.8. The molecule has 6 nitrogen and oxygen atoms in total. The lowest BCUT2D eigenvalue weighted by Crippen LogP contribution is -2.32. The molecule has 0 spiro atoms. The lowest BCUT2D eigenvalue weighted by molar-refractivity contribution is -0.136. The third-order valence-electron chi connectivity index (χ3n) is 5.14. The molecule has 2 aromatic rings. The van der Waals surface area contributed by atoms with Crippen molar-refractivity contribution in [2.45, 2.75) is 36.8 Å². The highest BCUT2D eigenvalue weighted by Crippen LogP contribution is 2.37. The molecule has 11 heteroatoms. The largest absolute Gasteiger partial charge is 0.496 e. The minimum Gasteiger partial charge on any atom is -0.496 e. The molecule has 32 heavy (non-hydrogen) atoms. The van der Waals surface area contributed by atoms with Crippen LogP contribution in [0, 0.1) is 0 Å². The van der Waals surface area contributed by atoms with Gasteiger partial charge in [-0.3, -0.25) is 9.52 Å². The molecule has 1 saturated heterocycles. The number of rotatable bonds is 5. The third kappa shape index (κ3) is 5.47. The summed E-state index contributed by atoms with van der Waals surface area (Å²) < 4.78 is 73.0. The predicted octanol–water partition coefficient (Wildman–Crippen LogP) is 5.18. The number of carbonyl (C=O) groups is 1. The number of carbonyl (C=O) groups excluding carboxylic acids is 1. The highest BCUT2D eigenvalue weighted by molar-refractivity contribution is 7.92. The molecule has 1 aliphatic heterocycles. The van der Waals surface area contributed by atoms with Crippen molar-refractivity contribution in [3.63, 3.8) is 0 Å². The minimum absolute atomic E-state index is 0.0319. The summed E-state index contributed by atoms with van der Waals surface area (Å²) in [6.07, 6.45) is -1.14. The van der Waals surface area contributed by atoms with Gasteiger partial charge >= 0.3 is 6.18 Å². The van der Waals surface area contributed by atoms with E-state index in [4.69, 9.17) is 16.3 Å². The summed E-state index contributed by atoms with van der Waals surface area (Å²) in [5.74, 6) is -0.205. The molecule has 0 saturated carbocycles. The second-order valence-corrected chi connectivity index (χ2v) is 9.48. The summed E-state index contributed by atoms with van der Waals surface area (Å²) in [6, 6.07) is 6.33. The molecule has 1 aliphatic rings. The average molecular weight is 491 g/mol. The Morgan fingerprint density at radius 3 is 2.31 bits per heavy atom. The van der Waals surface area contributed by atoms with Crippen LogP contribution in [-0.4, -0.2) is 39.4 Å². The Kier molecular flexibility index (Phi) is 7.24. The first-order valence-corrected chi connectivity index (χ1v) is 11.8. The highest BCUT2D eigenvalue weighted by Gasteiger charge is 2.35. The van der Waals surface area contributed by atoms with Crippen LogP contribution in [0.2, 0.25) is 5.02 Å². The number of ether oxygens (including phenoxy) is 1. The van der Waals surface area contributed by atoms with Crippen molar-refractivity contribution < 1.29 is 31.1 Å². The lowest BCUT2D eigenvalue weighted by Gasteiger charge is -2.22. The molecule has 0 bridgehead atoms. The van der Waals surface area contributed by atoms with Crippen molar-refractivity contribution in [1.29, 1.82) is 0 Å². The third-order valence-corrected chi connectivity index (χ3v) is 6.73. The maximum absolute atomic E-state index is 13.4. The Balaban J connectivity index is 1.97. The van der Waals surface area contributed by atoms with Gasteiger partial charge in [0.1, 0.15) is 5.75 Å². The van der Waals surface area contributed by atoms with Gasteiger partial charge in [0.15, 0.2) is 0 Å². The van der Waals surface area contributed by atoms with Crippen molar-refractivity contribution in [2.24, 2.45) is 0 Å². The summed E-state index contributed by atoms with van der Waals surface area (Å²) in [5.41, 5.74) is -1.86. The number of alkyl halides is 3. The van der Waals surface area contributed by atoms with Gasteiger partial charge in [0.2, 0.25) is 0 Å². The number of halogens is 4. The van der Waals surface area contributed by atoms with Gasteiger partial charge in [-0.15, -0.1) is 0 Å². The van der Waals surface area contributed by atoms with Crippen LogP contribution in [-0.2, 0) is 16.2 Å². The first-order chi connectivity index (χ1) is 15.0. The molecule has 1 fully saturated rings. The molecule has 0 aromatic heterocycles. The average Bonchev–Trinajstić information content (AvgIpc) is 3.02. The van der Waals surface area contributed by atoms with Crippen LogP contribution < -0.4 is 9.46 Å². The summed E-state index contributed by atoms with van der Waals surface area (Å²) in [6.45, 7) is 1.08. The number of nitrogens with zero attached hydrogens (tertiary/aromatic N) is 1. The summed E-state index contributed by atoms with van der Waals surface area (Å²) in [4.78, 5) is 14.3. The number of likely N-dealkylation sites (tertiary alicyclic amines) is 1. The van der Waals surface area contributed by atoms with Crippen LogP contribution >= 0.6 is 11.6 Å². The Bertz CT molecular complexity index is 1100. The standard InChI is InChI=1S/C21H22ClF3N2O4S/c1-31-19-9-7-15(13-16(19)20(28)27-10-4-2-3-5-11-27)32(29,30)26-18-8-6-14(22)12-17(18)21(23,24)25/h6-9,12-13,26H,2-5,10-11H2,1H3. The van der Waals surface area contributed by atoms with Gasteiger partial charge in [0.25, 0.3) is 15.9 Å². The molecule has 1 N–H and O–H groups in total. The Morgan fingerprint density at radius 2 is 1.72 bits per heavy atom. The first kappa shape index (κ1) is 24.2.